The first-order valence-electron chi connectivity index (χ1n) is 4.86. The summed E-state index contributed by atoms with van der Waals surface area (Å²) < 4.78 is 34.8. The van der Waals surface area contributed by atoms with Gasteiger partial charge in [-0.2, -0.15) is 0 Å². The second-order valence-electron chi connectivity index (χ2n) is 1.73. The summed E-state index contributed by atoms with van der Waals surface area (Å²) in [7, 11) is 0. The second kappa shape index (κ2) is 4.78. The van der Waals surface area contributed by atoms with Gasteiger partial charge in [-0.25, -0.2) is 0 Å². The van der Waals surface area contributed by atoms with Crippen LogP contribution < -0.4 is 4.74 Å². The Kier molecular flexibility index (Phi) is 2.12. The van der Waals surface area contributed by atoms with E-state index in [4.69, 9.17) is 10.2 Å². The van der Waals surface area contributed by atoms with Gasteiger partial charge in [0, 0.05) is 8.02 Å². The van der Waals surface area contributed by atoms with Gasteiger partial charge in [-0.05, 0) is 28.1 Å². The van der Waals surface area contributed by atoms with Gasteiger partial charge < -0.3 is 4.74 Å². The maximum Gasteiger partial charge on any atom is 0.133 e. The summed E-state index contributed by atoms with van der Waals surface area (Å²) in [5.74, 6) is 0.255. The highest BCUT2D eigenvalue weighted by Crippen LogP contribution is 2.23. The predicted octanol–water partition coefficient (Wildman–Crippen LogP) is 3.22. The Bertz CT molecular complexity index is 351. The van der Waals surface area contributed by atoms with Crippen LogP contribution in [0.4, 0.5) is 0 Å². The fourth-order valence-electron chi connectivity index (χ4n) is 0.602. The number of rotatable bonds is 3. The van der Waals surface area contributed by atoms with Gasteiger partial charge in [-0.15, -0.1) is 0 Å². The molecule has 0 aliphatic carbocycles. The Hall–Kier alpha value is -0.0200. The monoisotopic (exact) mass is 282 g/mol. The van der Waals surface area contributed by atoms with Gasteiger partial charge in [-0.1, -0.05) is 28.1 Å². The molecule has 0 atom stereocenters. The molecule has 0 unspecified atom stereocenters. The summed E-state index contributed by atoms with van der Waals surface area (Å²) >= 11 is 5.79. The normalized spacial score (nSPS) is 17.6. The van der Waals surface area contributed by atoms with E-state index in [2.05, 4.69) is 31.9 Å². The van der Waals surface area contributed by atoms with Crippen LogP contribution in [0, 0.1) is 0 Å². The van der Waals surface area contributed by atoms with Gasteiger partial charge in [0.1, 0.15) is 5.75 Å². The lowest BCUT2D eigenvalue weighted by atomic mass is 10.3. The number of hydrogen-bond donors (Lipinski definition) is 0. The Morgan fingerprint density at radius 2 is 2.18 bits per heavy atom. The van der Waals surface area contributed by atoms with Gasteiger partial charge in [0.2, 0.25) is 0 Å². The minimum Gasteiger partial charge on any atom is -0.492 e. The molecule has 0 aromatic heterocycles. The molecule has 0 N–H and O–H groups in total. The van der Waals surface area contributed by atoms with Crippen LogP contribution in [0.15, 0.2) is 28.7 Å². The van der Waals surface area contributed by atoms with Crippen molar-refractivity contribution in [2.45, 2.75) is 0 Å². The van der Waals surface area contributed by atoms with E-state index in [0.717, 1.165) is 0 Å². The molecular formula is C8H8Br2O. The highest BCUT2D eigenvalue weighted by Gasteiger charge is 1.96. The lowest BCUT2D eigenvalue weighted by Crippen LogP contribution is -1.97. The number of ether oxygens (including phenoxy) is 1. The molecule has 0 spiro atoms. The molecule has 0 amide bonds. The van der Waals surface area contributed by atoms with E-state index in [1.165, 1.54) is 0 Å². The summed E-state index contributed by atoms with van der Waals surface area (Å²) in [6.45, 7) is -2.45. The molecule has 60 valence electrons. The highest BCUT2D eigenvalue weighted by molar-refractivity contribution is 9.10. The molecule has 0 aliphatic rings. The first-order valence-corrected chi connectivity index (χ1v) is 4.45. The lowest BCUT2D eigenvalue weighted by molar-refractivity contribution is 0.343. The molecule has 0 bridgehead atoms. The summed E-state index contributed by atoms with van der Waals surface area (Å²) in [5, 5.41) is -2.25. The van der Waals surface area contributed by atoms with Gasteiger partial charge in [0.15, 0.2) is 0 Å². The van der Waals surface area contributed by atoms with Crippen LogP contribution in [0.2, 0.25) is 0 Å². The molecule has 0 heterocycles. The lowest BCUT2D eigenvalue weighted by Gasteiger charge is -2.04. The first-order chi connectivity index (χ1) is 6.74. The SMILES string of the molecule is [2H]C([2H])(Br)C([2H])([2H])Oc1ccccc1Br. The molecule has 0 fully saturated rings. The molecule has 1 aromatic carbocycles. The smallest absolute Gasteiger partial charge is 0.133 e. The molecule has 0 radical (unpaired) electrons. The largest absolute Gasteiger partial charge is 0.492 e. The molecule has 1 nitrogen and oxygen atoms in total. The molecule has 1 rings (SSSR count). The maximum absolute atomic E-state index is 7.41. The number of para-hydroxylation sites is 1. The topological polar surface area (TPSA) is 9.23 Å². The molecule has 3 heteroatoms. The summed E-state index contributed by atoms with van der Waals surface area (Å²) in [5.41, 5.74) is 0. The van der Waals surface area contributed by atoms with Crippen LogP contribution in [-0.2, 0) is 0 Å². The number of benzene rings is 1. The third kappa shape index (κ3) is 2.83. The van der Waals surface area contributed by atoms with Crippen LogP contribution in [0.5, 0.6) is 5.75 Å². The van der Waals surface area contributed by atoms with Gasteiger partial charge in [-0.3, -0.25) is 0 Å². The van der Waals surface area contributed by atoms with E-state index in [9.17, 15) is 0 Å². The van der Waals surface area contributed by atoms with Crippen molar-refractivity contribution in [2.24, 2.45) is 0 Å². The third-order valence-corrected chi connectivity index (χ3v) is 1.85. The van der Waals surface area contributed by atoms with Gasteiger partial charge in [0.25, 0.3) is 0 Å². The van der Waals surface area contributed by atoms with E-state index in [-0.39, 0.29) is 5.75 Å². The zero-order valence-electron chi connectivity index (χ0n) is 9.47. The quantitative estimate of drug-likeness (QED) is 0.774. The van der Waals surface area contributed by atoms with Crippen molar-refractivity contribution in [1.82, 2.24) is 0 Å². The van der Waals surface area contributed by atoms with Crippen molar-refractivity contribution in [3.63, 3.8) is 0 Å². The number of hydrogen-bond acceptors (Lipinski definition) is 1. The van der Waals surface area contributed by atoms with Crippen LogP contribution in [0.3, 0.4) is 0 Å². The Balaban J connectivity index is 2.92. The minimum atomic E-state index is -2.45. The van der Waals surface area contributed by atoms with Crippen LogP contribution in [0.25, 0.3) is 0 Å². The summed E-state index contributed by atoms with van der Waals surface area (Å²) in [6, 6.07) is 6.69. The van der Waals surface area contributed by atoms with Crippen molar-refractivity contribution in [3.8, 4) is 5.75 Å². The molecule has 0 saturated carbocycles. The van der Waals surface area contributed by atoms with Crippen LogP contribution in [-0.4, -0.2) is 11.8 Å². The third-order valence-electron chi connectivity index (χ3n) is 1.04. The first kappa shape index (κ1) is 4.87. The summed E-state index contributed by atoms with van der Waals surface area (Å²) in [4.78, 5) is 0. The van der Waals surface area contributed by atoms with Crippen molar-refractivity contribution in [2.75, 3.05) is 11.8 Å². The highest BCUT2D eigenvalue weighted by atomic mass is 79.9. The molecule has 1 aromatic rings. The van der Waals surface area contributed by atoms with Crippen molar-refractivity contribution in [1.29, 1.82) is 0 Å². The number of alkyl halides is 1. The van der Waals surface area contributed by atoms with Gasteiger partial charge >= 0.3 is 0 Å². The van der Waals surface area contributed by atoms with Crippen LogP contribution in [0.1, 0.15) is 5.48 Å². The van der Waals surface area contributed by atoms with Crippen molar-refractivity contribution < 1.29 is 10.2 Å². The molecule has 0 saturated heterocycles. The van der Waals surface area contributed by atoms with E-state index in [1.807, 2.05) is 0 Å². The second-order valence-corrected chi connectivity index (χ2v) is 2.98. The van der Waals surface area contributed by atoms with Gasteiger partial charge in [0.05, 0.1) is 13.8 Å². The minimum absolute atomic E-state index is 0.255. The average Bonchev–Trinajstić information content (AvgIpc) is 2.06. The molecule has 11 heavy (non-hydrogen) atoms. The Labute approximate surface area is 88.6 Å². The standard InChI is InChI=1S/C8H8Br2O/c9-5-6-11-8-4-2-1-3-7(8)10/h1-4H,5-6H2/i5D2,6D2. The molecular weight excluding hydrogens is 272 g/mol. The van der Waals surface area contributed by atoms with Crippen LogP contribution >= 0.6 is 31.9 Å². The molecule has 0 aliphatic heterocycles. The van der Waals surface area contributed by atoms with Crippen molar-refractivity contribution >= 4 is 31.9 Å². The maximum atomic E-state index is 7.41. The zero-order valence-corrected chi connectivity index (χ0v) is 8.65. The number of halogens is 2. The average molecular weight is 284 g/mol. The Morgan fingerprint density at radius 3 is 2.82 bits per heavy atom. The predicted molar refractivity (Wildman–Crippen MR) is 53.4 cm³/mol. The van der Waals surface area contributed by atoms with E-state index in [1.54, 1.807) is 24.3 Å². The zero-order chi connectivity index (χ0) is 11.7. The Morgan fingerprint density at radius 1 is 1.45 bits per heavy atom. The fourth-order valence-corrected chi connectivity index (χ4v) is 1.05. The fraction of sp³-hybridized carbons (Fsp3) is 0.250. The van der Waals surface area contributed by atoms with E-state index < -0.39 is 11.8 Å². The van der Waals surface area contributed by atoms with Crippen molar-refractivity contribution in [3.05, 3.63) is 28.7 Å². The summed E-state index contributed by atoms with van der Waals surface area (Å²) in [6.07, 6.45) is 0. The van der Waals surface area contributed by atoms with E-state index >= 15 is 0 Å². The van der Waals surface area contributed by atoms with E-state index in [0.29, 0.717) is 4.47 Å².